The molecule has 8 nitrogen and oxygen atoms in total. The van der Waals surface area contributed by atoms with E-state index in [1.54, 1.807) is 0 Å². The van der Waals surface area contributed by atoms with Gasteiger partial charge in [0.1, 0.15) is 11.5 Å². The van der Waals surface area contributed by atoms with Gasteiger partial charge in [-0.2, -0.15) is 0 Å². The third kappa shape index (κ3) is 5.27. The summed E-state index contributed by atoms with van der Waals surface area (Å²) in [5.74, 6) is 0.762. The number of methoxy groups -OCH3 is 1. The number of nitrogens with one attached hydrogen (secondary N) is 1. The molecule has 1 saturated heterocycles. The number of allylic oxidation sites excluding steroid dienone is 12. The minimum atomic E-state index is -0.246. The van der Waals surface area contributed by atoms with E-state index in [9.17, 15) is 9.90 Å². The predicted octanol–water partition coefficient (Wildman–Crippen LogP) is 8.95. The van der Waals surface area contributed by atoms with Gasteiger partial charge in [0.05, 0.1) is 47.9 Å². The van der Waals surface area contributed by atoms with Gasteiger partial charge < -0.3 is 19.9 Å². The number of fused-ring (bicyclic) bond motifs is 5. The third-order valence-electron chi connectivity index (χ3n) is 11.0. The minimum Gasteiger partial charge on any atom is -0.511 e. The number of esters is 1. The Morgan fingerprint density at radius 1 is 0.900 bits per heavy atom. The van der Waals surface area contributed by atoms with Crippen LogP contribution in [-0.2, 0) is 9.53 Å². The number of aliphatic imine (C=N–C) groups is 3. The van der Waals surface area contributed by atoms with Crippen LogP contribution in [-0.4, -0.2) is 41.9 Å². The molecular weight excluding hydrogens is 624 g/mol. The molecule has 0 unspecified atom stereocenters. The number of rotatable bonds is 8. The molecule has 1 fully saturated rings. The normalized spacial score (nSPS) is 22.8. The number of ether oxygens (including phenoxy) is 2. The summed E-state index contributed by atoms with van der Waals surface area (Å²) in [6.07, 6.45) is 7.07. The van der Waals surface area contributed by atoms with Gasteiger partial charge in [-0.3, -0.25) is 4.79 Å². The van der Waals surface area contributed by atoms with Gasteiger partial charge in [0.15, 0.2) is 0 Å². The summed E-state index contributed by atoms with van der Waals surface area (Å²) in [5, 5.41) is 15.4. The van der Waals surface area contributed by atoms with Crippen LogP contribution < -0.4 is 10.1 Å². The van der Waals surface area contributed by atoms with Crippen molar-refractivity contribution in [1.29, 1.82) is 0 Å². The highest BCUT2D eigenvalue weighted by atomic mass is 16.5. The Labute approximate surface area is 294 Å². The van der Waals surface area contributed by atoms with Crippen LogP contribution in [0.4, 0.5) is 0 Å². The van der Waals surface area contributed by atoms with E-state index in [-0.39, 0.29) is 24.2 Å². The van der Waals surface area contributed by atoms with E-state index >= 15 is 0 Å². The molecule has 2 atom stereocenters. The van der Waals surface area contributed by atoms with Gasteiger partial charge in [0, 0.05) is 58.4 Å². The van der Waals surface area contributed by atoms with Gasteiger partial charge in [-0.25, -0.2) is 15.0 Å². The highest BCUT2D eigenvalue weighted by Gasteiger charge is 2.43. The van der Waals surface area contributed by atoms with Gasteiger partial charge in [0.25, 0.3) is 0 Å². The van der Waals surface area contributed by atoms with Gasteiger partial charge in [0.2, 0.25) is 0 Å². The monoisotopic (exact) mass is 670 g/mol. The van der Waals surface area contributed by atoms with E-state index in [0.717, 1.165) is 103 Å². The second-order valence-corrected chi connectivity index (χ2v) is 13.6. The summed E-state index contributed by atoms with van der Waals surface area (Å²) in [4.78, 5) is 28.4. The maximum absolute atomic E-state index is 12.6. The predicted molar refractivity (Wildman–Crippen MR) is 200 cm³/mol. The van der Waals surface area contributed by atoms with Crippen LogP contribution in [0.2, 0.25) is 0 Å². The van der Waals surface area contributed by atoms with E-state index in [1.165, 1.54) is 18.3 Å². The number of nitrogens with zero attached hydrogens (tertiary/aromatic N) is 3. The maximum Gasteiger partial charge on any atom is 0.305 e. The van der Waals surface area contributed by atoms with E-state index in [2.05, 4.69) is 58.2 Å². The zero-order valence-electron chi connectivity index (χ0n) is 30.4. The van der Waals surface area contributed by atoms with E-state index < -0.39 is 0 Å². The van der Waals surface area contributed by atoms with Crippen molar-refractivity contribution in [1.82, 2.24) is 5.32 Å². The number of carbonyl (C=O) groups is 1. The summed E-state index contributed by atoms with van der Waals surface area (Å²) < 4.78 is 11.4. The number of hydrogen-bond acceptors (Lipinski definition) is 8. The molecule has 1 aromatic rings. The smallest absolute Gasteiger partial charge is 0.305 e. The second-order valence-electron chi connectivity index (χ2n) is 13.6. The van der Waals surface area contributed by atoms with Crippen molar-refractivity contribution in [3.63, 3.8) is 0 Å². The van der Waals surface area contributed by atoms with Crippen molar-refractivity contribution in [2.24, 2.45) is 26.8 Å². The molecule has 0 aromatic heterocycles. The Kier molecular flexibility index (Phi) is 8.75. The molecule has 7 rings (SSSR count). The van der Waals surface area contributed by atoms with Crippen LogP contribution in [0.3, 0.4) is 0 Å². The van der Waals surface area contributed by atoms with Gasteiger partial charge in [-0.05, 0) is 93.0 Å². The van der Waals surface area contributed by atoms with E-state index in [0.29, 0.717) is 25.2 Å². The lowest BCUT2D eigenvalue weighted by molar-refractivity contribution is -0.140. The fourth-order valence-electron chi connectivity index (χ4n) is 8.37. The standard InChI is InChI=1S/C42H46N4O4/c1-9-25-21(4)30-19-33-26(10-2)22(5)39(45-33)38(28-14-12-13-15-35(28)50-11-3)40-23(6)27(16-17-36(48)49-8)41(46-40)29-18-34(47)37-24(7)31(44-42(29)37)20-32(25)43-30/h12-15,19-20,23,27,46-47H,9-11,16-18H2,1-8H3/t23-,27-/m0/s1. The summed E-state index contributed by atoms with van der Waals surface area (Å²) in [7, 11) is 1.43. The average Bonchev–Trinajstić information content (AvgIpc) is 3.86. The minimum absolute atomic E-state index is 0.0300. The van der Waals surface area contributed by atoms with Crippen LogP contribution >= 0.6 is 0 Å². The number of aliphatic hydroxyl groups excluding tert-OH is 1. The van der Waals surface area contributed by atoms with Crippen LogP contribution in [0.15, 0.2) is 125 Å². The number of benzene rings is 1. The van der Waals surface area contributed by atoms with Gasteiger partial charge in [-0.15, -0.1) is 0 Å². The molecule has 1 aromatic carbocycles. The molecular formula is C42H46N4O4. The molecule has 0 saturated carbocycles. The van der Waals surface area contributed by atoms with Crippen LogP contribution in [0, 0.1) is 11.8 Å². The van der Waals surface area contributed by atoms with Crippen molar-refractivity contribution in [3.8, 4) is 5.75 Å². The first kappa shape index (κ1) is 33.5. The Bertz CT molecular complexity index is 2090. The molecule has 50 heavy (non-hydrogen) atoms. The molecule has 258 valence electrons. The maximum atomic E-state index is 12.6. The molecule has 8 bridgehead atoms. The average molecular weight is 671 g/mol. The highest BCUT2D eigenvalue weighted by molar-refractivity contribution is 6.35. The Balaban J connectivity index is 1.57. The van der Waals surface area contributed by atoms with E-state index in [1.807, 2.05) is 32.0 Å². The van der Waals surface area contributed by atoms with Crippen molar-refractivity contribution in [2.45, 2.75) is 80.6 Å². The molecule has 1 aliphatic carbocycles. The summed E-state index contributed by atoms with van der Waals surface area (Å²) in [5.41, 5.74) is 16.5. The van der Waals surface area contributed by atoms with Crippen LogP contribution in [0.1, 0.15) is 86.1 Å². The zero-order chi connectivity index (χ0) is 35.4. The number of carbonyl (C=O) groups excluding carboxylic acids is 1. The van der Waals surface area contributed by atoms with Crippen molar-refractivity contribution in [3.05, 3.63) is 115 Å². The molecule has 5 aliphatic heterocycles. The summed E-state index contributed by atoms with van der Waals surface area (Å²) in [6.45, 7) is 15.4. The SMILES string of the molecule is CCOc1ccccc1C1=C2NC(=C3CC(O)=C4C3=NC(=C4C)C=C3N=C(C=C4N=C1C(C)=C4CC)C(C)=C3CC)[C@@H](CCC(=O)OC)[C@@H]2C. The zero-order valence-corrected chi connectivity index (χ0v) is 30.4. The molecule has 6 aliphatic rings. The lowest BCUT2D eigenvalue weighted by Crippen LogP contribution is -2.17. The fourth-order valence-corrected chi connectivity index (χ4v) is 8.37. The van der Waals surface area contributed by atoms with Crippen LogP contribution in [0.25, 0.3) is 5.57 Å². The van der Waals surface area contributed by atoms with Gasteiger partial charge >= 0.3 is 5.97 Å². The molecule has 8 heteroatoms. The molecule has 2 N–H and O–H groups in total. The molecule has 0 amide bonds. The first-order valence-corrected chi connectivity index (χ1v) is 17.9. The highest BCUT2D eigenvalue weighted by Crippen LogP contribution is 2.49. The number of para-hydroxylation sites is 1. The Hall–Kier alpha value is -4.98. The fraction of sp³-hybridized carbons (Fsp3) is 0.381. The van der Waals surface area contributed by atoms with E-state index in [4.69, 9.17) is 24.5 Å². The summed E-state index contributed by atoms with van der Waals surface area (Å²) >= 11 is 0. The lowest BCUT2D eigenvalue weighted by atomic mass is 9.83. The quantitative estimate of drug-likeness (QED) is 0.269. The third-order valence-corrected chi connectivity index (χ3v) is 11.0. The van der Waals surface area contributed by atoms with Gasteiger partial charge in [-0.1, -0.05) is 39.0 Å². The molecule has 0 radical (unpaired) electrons. The van der Waals surface area contributed by atoms with Crippen molar-refractivity contribution < 1.29 is 19.4 Å². The lowest BCUT2D eigenvalue weighted by Gasteiger charge is -2.20. The Morgan fingerprint density at radius 2 is 1.62 bits per heavy atom. The Morgan fingerprint density at radius 3 is 2.34 bits per heavy atom. The summed E-state index contributed by atoms with van der Waals surface area (Å²) in [6, 6.07) is 8.16. The van der Waals surface area contributed by atoms with Crippen molar-refractivity contribution in [2.75, 3.05) is 13.7 Å². The second kappa shape index (κ2) is 13.0. The number of aliphatic hydroxyl groups is 1. The first-order chi connectivity index (χ1) is 24.1. The van der Waals surface area contributed by atoms with Crippen molar-refractivity contribution >= 4 is 28.7 Å². The van der Waals surface area contributed by atoms with Crippen LogP contribution in [0.5, 0.6) is 5.75 Å². The number of hydrogen-bond donors (Lipinski definition) is 2. The first-order valence-electron chi connectivity index (χ1n) is 17.9. The largest absolute Gasteiger partial charge is 0.511 e. The molecule has 0 spiro atoms. The topological polar surface area (TPSA) is 105 Å². The molecule has 5 heterocycles.